The summed E-state index contributed by atoms with van der Waals surface area (Å²) in [6, 6.07) is 1.71. The van der Waals surface area contributed by atoms with E-state index >= 15 is 0 Å². The molecular formula is C11H18N4O2S. The zero-order valence-corrected chi connectivity index (χ0v) is 11.2. The van der Waals surface area contributed by atoms with E-state index in [4.69, 9.17) is 0 Å². The van der Waals surface area contributed by atoms with E-state index in [0.29, 0.717) is 18.2 Å². The first-order valence-corrected chi connectivity index (χ1v) is 7.95. The van der Waals surface area contributed by atoms with Crippen LogP contribution in [0.25, 0.3) is 0 Å². The van der Waals surface area contributed by atoms with Crippen molar-refractivity contribution >= 4 is 21.6 Å². The Labute approximate surface area is 107 Å². The van der Waals surface area contributed by atoms with E-state index in [2.05, 4.69) is 27.5 Å². The molecule has 2 heterocycles. The third-order valence-corrected chi connectivity index (χ3v) is 4.54. The molecule has 1 aromatic heterocycles. The molecule has 0 bridgehead atoms. The second-order valence-electron chi connectivity index (χ2n) is 4.44. The molecule has 0 radical (unpaired) electrons. The van der Waals surface area contributed by atoms with Gasteiger partial charge in [-0.2, -0.15) is 4.98 Å². The Morgan fingerprint density at radius 1 is 1.50 bits per heavy atom. The highest BCUT2D eigenvalue weighted by Gasteiger charge is 2.27. The lowest BCUT2D eigenvalue weighted by molar-refractivity contribution is 0.602. The molecule has 18 heavy (non-hydrogen) atoms. The van der Waals surface area contributed by atoms with Gasteiger partial charge in [0.2, 0.25) is 5.95 Å². The SMILES string of the molecule is CCCNc1nccc(NC2CCS(=O)(=O)C2)n1. The van der Waals surface area contributed by atoms with Crippen molar-refractivity contribution in [3.8, 4) is 0 Å². The molecule has 1 aromatic rings. The summed E-state index contributed by atoms with van der Waals surface area (Å²) >= 11 is 0. The quantitative estimate of drug-likeness (QED) is 0.827. The van der Waals surface area contributed by atoms with Gasteiger partial charge in [-0.05, 0) is 18.9 Å². The predicted octanol–water partition coefficient (Wildman–Crippen LogP) is 0.897. The Kier molecular flexibility index (Phi) is 4.00. The van der Waals surface area contributed by atoms with Gasteiger partial charge in [0.05, 0.1) is 11.5 Å². The maximum atomic E-state index is 11.4. The van der Waals surface area contributed by atoms with Gasteiger partial charge in [-0.3, -0.25) is 0 Å². The largest absolute Gasteiger partial charge is 0.366 e. The van der Waals surface area contributed by atoms with Gasteiger partial charge in [-0.15, -0.1) is 0 Å². The van der Waals surface area contributed by atoms with Crippen molar-refractivity contribution in [2.45, 2.75) is 25.8 Å². The van der Waals surface area contributed by atoms with Crippen LogP contribution < -0.4 is 10.6 Å². The zero-order chi connectivity index (χ0) is 13.0. The van der Waals surface area contributed by atoms with Crippen LogP contribution in [0.5, 0.6) is 0 Å². The van der Waals surface area contributed by atoms with Crippen molar-refractivity contribution in [1.29, 1.82) is 0 Å². The van der Waals surface area contributed by atoms with Crippen molar-refractivity contribution in [3.05, 3.63) is 12.3 Å². The molecule has 6 nitrogen and oxygen atoms in total. The summed E-state index contributed by atoms with van der Waals surface area (Å²) in [4.78, 5) is 8.39. The van der Waals surface area contributed by atoms with Crippen LogP contribution in [-0.2, 0) is 9.84 Å². The number of hydrogen-bond acceptors (Lipinski definition) is 6. The normalized spacial score (nSPS) is 21.7. The zero-order valence-electron chi connectivity index (χ0n) is 10.4. The lowest BCUT2D eigenvalue weighted by Gasteiger charge is -2.12. The van der Waals surface area contributed by atoms with Crippen LogP contribution in [-0.4, -0.2) is 42.5 Å². The van der Waals surface area contributed by atoms with Crippen LogP contribution >= 0.6 is 0 Å². The molecule has 7 heteroatoms. The summed E-state index contributed by atoms with van der Waals surface area (Å²) in [5.41, 5.74) is 0. The number of anilines is 2. The molecule has 0 spiro atoms. The maximum absolute atomic E-state index is 11.4. The van der Waals surface area contributed by atoms with Gasteiger partial charge in [0.1, 0.15) is 5.82 Å². The van der Waals surface area contributed by atoms with Crippen LogP contribution in [0.3, 0.4) is 0 Å². The van der Waals surface area contributed by atoms with E-state index in [1.807, 2.05) is 0 Å². The van der Waals surface area contributed by atoms with Gasteiger partial charge in [0.15, 0.2) is 9.84 Å². The number of nitrogens with one attached hydrogen (secondary N) is 2. The van der Waals surface area contributed by atoms with E-state index in [9.17, 15) is 8.42 Å². The number of nitrogens with zero attached hydrogens (tertiary/aromatic N) is 2. The van der Waals surface area contributed by atoms with Crippen LogP contribution in [0.1, 0.15) is 19.8 Å². The third kappa shape index (κ3) is 3.56. The van der Waals surface area contributed by atoms with Gasteiger partial charge in [0.25, 0.3) is 0 Å². The van der Waals surface area contributed by atoms with Gasteiger partial charge in [-0.25, -0.2) is 13.4 Å². The molecule has 0 aromatic carbocycles. The second kappa shape index (κ2) is 5.51. The first kappa shape index (κ1) is 13.1. The monoisotopic (exact) mass is 270 g/mol. The van der Waals surface area contributed by atoms with Crippen molar-refractivity contribution in [1.82, 2.24) is 9.97 Å². The highest BCUT2D eigenvalue weighted by atomic mass is 32.2. The van der Waals surface area contributed by atoms with E-state index < -0.39 is 9.84 Å². The van der Waals surface area contributed by atoms with E-state index in [-0.39, 0.29) is 17.5 Å². The minimum absolute atomic E-state index is 0.0380. The second-order valence-corrected chi connectivity index (χ2v) is 6.67. The lowest BCUT2D eigenvalue weighted by Crippen LogP contribution is -2.21. The van der Waals surface area contributed by atoms with Crippen LogP contribution in [0.2, 0.25) is 0 Å². The molecule has 2 N–H and O–H groups in total. The number of aromatic nitrogens is 2. The van der Waals surface area contributed by atoms with Crippen LogP contribution in [0, 0.1) is 0 Å². The number of rotatable bonds is 5. The minimum atomic E-state index is -2.86. The van der Waals surface area contributed by atoms with Gasteiger partial charge < -0.3 is 10.6 Å². The molecule has 1 atom stereocenters. The predicted molar refractivity (Wildman–Crippen MR) is 71.5 cm³/mol. The molecule has 1 aliphatic heterocycles. The summed E-state index contributed by atoms with van der Waals surface area (Å²) in [5.74, 6) is 1.69. The third-order valence-electron chi connectivity index (χ3n) is 2.77. The topological polar surface area (TPSA) is 84.0 Å². The minimum Gasteiger partial charge on any atom is -0.366 e. The molecule has 1 aliphatic rings. The van der Waals surface area contributed by atoms with Crippen molar-refractivity contribution in [2.75, 3.05) is 28.7 Å². The number of hydrogen-bond donors (Lipinski definition) is 2. The standard InChI is InChI=1S/C11H18N4O2S/c1-2-5-12-11-13-6-3-10(15-11)14-9-4-7-18(16,17)8-9/h3,6,9H,2,4-5,7-8H2,1H3,(H2,12,13,14,15). The molecule has 100 valence electrons. The molecular weight excluding hydrogens is 252 g/mol. The highest BCUT2D eigenvalue weighted by Crippen LogP contribution is 2.16. The Hall–Kier alpha value is -1.37. The molecule has 2 rings (SSSR count). The molecule has 1 fully saturated rings. The summed E-state index contributed by atoms with van der Waals surface area (Å²) < 4.78 is 22.7. The fraction of sp³-hybridized carbons (Fsp3) is 0.636. The summed E-state index contributed by atoms with van der Waals surface area (Å²) in [5, 5.41) is 6.24. The average molecular weight is 270 g/mol. The Bertz CT molecular complexity index is 504. The Morgan fingerprint density at radius 3 is 3.00 bits per heavy atom. The summed E-state index contributed by atoms with van der Waals surface area (Å²) in [6.07, 6.45) is 3.31. The highest BCUT2D eigenvalue weighted by molar-refractivity contribution is 7.91. The fourth-order valence-electron chi connectivity index (χ4n) is 1.88. The van der Waals surface area contributed by atoms with Crippen molar-refractivity contribution in [3.63, 3.8) is 0 Å². The first-order chi connectivity index (χ1) is 8.59. The molecule has 0 saturated carbocycles. The molecule has 0 amide bonds. The lowest BCUT2D eigenvalue weighted by atomic mass is 10.2. The van der Waals surface area contributed by atoms with Crippen molar-refractivity contribution in [2.24, 2.45) is 0 Å². The number of sulfone groups is 1. The first-order valence-electron chi connectivity index (χ1n) is 6.13. The van der Waals surface area contributed by atoms with Gasteiger partial charge >= 0.3 is 0 Å². The van der Waals surface area contributed by atoms with Crippen LogP contribution in [0.4, 0.5) is 11.8 Å². The van der Waals surface area contributed by atoms with Crippen LogP contribution in [0.15, 0.2) is 12.3 Å². The summed E-state index contributed by atoms with van der Waals surface area (Å²) in [6.45, 7) is 2.89. The van der Waals surface area contributed by atoms with Crippen molar-refractivity contribution < 1.29 is 8.42 Å². The molecule has 0 aliphatic carbocycles. The van der Waals surface area contributed by atoms with E-state index in [0.717, 1.165) is 13.0 Å². The van der Waals surface area contributed by atoms with E-state index in [1.165, 1.54) is 0 Å². The Balaban J connectivity index is 1.97. The summed E-state index contributed by atoms with van der Waals surface area (Å²) in [7, 11) is -2.86. The average Bonchev–Trinajstić information content (AvgIpc) is 2.66. The fourth-order valence-corrected chi connectivity index (χ4v) is 3.55. The molecule has 1 unspecified atom stereocenters. The molecule has 1 saturated heterocycles. The maximum Gasteiger partial charge on any atom is 0.224 e. The smallest absolute Gasteiger partial charge is 0.224 e. The van der Waals surface area contributed by atoms with Gasteiger partial charge in [-0.1, -0.05) is 6.92 Å². The van der Waals surface area contributed by atoms with E-state index in [1.54, 1.807) is 12.3 Å². The van der Waals surface area contributed by atoms with Gasteiger partial charge in [0, 0.05) is 18.8 Å². The Morgan fingerprint density at radius 2 is 2.33 bits per heavy atom.